The molecule has 100 valence electrons. The third-order valence-corrected chi connectivity index (χ3v) is 6.12. The molecule has 0 unspecified atom stereocenters. The zero-order valence-electron chi connectivity index (χ0n) is 12.0. The topological polar surface area (TPSA) is 9.23 Å². The van der Waals surface area contributed by atoms with E-state index in [2.05, 4.69) is 57.7 Å². The van der Waals surface area contributed by atoms with Gasteiger partial charge in [-0.05, 0) is 17.0 Å². The predicted octanol–water partition coefficient (Wildman–Crippen LogP) is 4.23. The molecule has 0 fully saturated rings. The molecule has 0 saturated heterocycles. The van der Waals surface area contributed by atoms with Crippen molar-refractivity contribution in [3.8, 4) is 0 Å². The van der Waals surface area contributed by atoms with Crippen molar-refractivity contribution in [1.82, 2.24) is 0 Å². The van der Waals surface area contributed by atoms with Crippen LogP contribution in [0, 0.1) is 0 Å². The quantitative estimate of drug-likeness (QED) is 0.503. The molecule has 18 heavy (non-hydrogen) atoms. The number of benzene rings is 1. The Bertz CT molecular complexity index is 355. The minimum Gasteiger partial charge on any atom is -0.552 e. The normalized spacial score (nSPS) is 11.9. The van der Waals surface area contributed by atoms with Crippen molar-refractivity contribution in [2.75, 3.05) is 0 Å². The highest BCUT2D eigenvalue weighted by Crippen LogP contribution is 2.33. The minimum absolute atomic E-state index is 0.426. The molecule has 0 aliphatic carbocycles. The molecule has 0 radical (unpaired) electrons. The number of hydrogen-bond donors (Lipinski definition) is 0. The molecule has 0 atom stereocenters. The Morgan fingerprint density at radius 2 is 1.83 bits per heavy atom. The maximum absolute atomic E-state index is 5.96. The van der Waals surface area contributed by atoms with Gasteiger partial charge in [0, 0.05) is 6.42 Å². The van der Waals surface area contributed by atoms with Crippen LogP contribution in [0.5, 0.6) is 0 Å². The van der Waals surface area contributed by atoms with Crippen molar-refractivity contribution in [2.45, 2.75) is 51.5 Å². The highest BCUT2D eigenvalue weighted by molar-refractivity contribution is 6.32. The molecule has 0 spiro atoms. The van der Waals surface area contributed by atoms with Crippen molar-refractivity contribution < 1.29 is 4.43 Å². The van der Waals surface area contributed by atoms with Crippen LogP contribution in [0.3, 0.4) is 0 Å². The number of hydrogen-bond acceptors (Lipinski definition) is 1. The summed E-state index contributed by atoms with van der Waals surface area (Å²) < 4.78 is 5.96. The average Bonchev–Trinajstić information content (AvgIpc) is 2.43. The molecule has 0 heterocycles. The van der Waals surface area contributed by atoms with Crippen LogP contribution in [0.2, 0.25) is 5.04 Å². The van der Waals surface area contributed by atoms with Gasteiger partial charge in [-0.15, -0.1) is 0 Å². The van der Waals surface area contributed by atoms with Gasteiger partial charge in [0.15, 0.2) is 0 Å². The van der Waals surface area contributed by atoms with Crippen LogP contribution in [0.25, 0.3) is 0 Å². The fourth-order valence-electron chi connectivity index (χ4n) is 1.73. The second-order valence-electron chi connectivity index (χ2n) is 5.33. The minimum atomic E-state index is -0.518. The second-order valence-corrected chi connectivity index (χ2v) is 7.62. The molecular formula is C16H26OSi. The van der Waals surface area contributed by atoms with Crippen molar-refractivity contribution in [3.63, 3.8) is 0 Å². The van der Waals surface area contributed by atoms with Crippen molar-refractivity contribution in [2.24, 2.45) is 0 Å². The summed E-state index contributed by atoms with van der Waals surface area (Å²) in [4.78, 5) is 0. The van der Waals surface area contributed by atoms with Gasteiger partial charge < -0.3 is 4.43 Å². The summed E-state index contributed by atoms with van der Waals surface area (Å²) in [6.45, 7) is 10.9. The van der Waals surface area contributed by atoms with Gasteiger partial charge in [0.05, 0.1) is 5.76 Å². The van der Waals surface area contributed by atoms with Gasteiger partial charge in [0.1, 0.15) is 0 Å². The van der Waals surface area contributed by atoms with Gasteiger partial charge >= 0.3 is 0 Å². The van der Waals surface area contributed by atoms with E-state index in [1.165, 1.54) is 18.4 Å². The van der Waals surface area contributed by atoms with E-state index >= 15 is 0 Å². The molecule has 1 aromatic rings. The lowest BCUT2D eigenvalue weighted by molar-refractivity contribution is 0.387. The maximum atomic E-state index is 5.96. The van der Waals surface area contributed by atoms with Crippen LogP contribution in [0.1, 0.15) is 45.6 Å². The van der Waals surface area contributed by atoms with E-state index in [4.69, 9.17) is 4.43 Å². The van der Waals surface area contributed by atoms with Crippen LogP contribution < -0.4 is 0 Å². The molecule has 1 rings (SSSR count). The standard InChI is InChI=1S/C16H26OSi/c1-5-16(4,6-2)18-17-14(3)12-13-15-10-8-7-9-11-15/h7-11H,3,5-6,12-13,18H2,1-2,4H3. The summed E-state index contributed by atoms with van der Waals surface area (Å²) in [5.74, 6) is 0.971. The molecule has 1 aromatic carbocycles. The molecular weight excluding hydrogens is 236 g/mol. The predicted molar refractivity (Wildman–Crippen MR) is 82.5 cm³/mol. The van der Waals surface area contributed by atoms with Gasteiger partial charge in [-0.3, -0.25) is 0 Å². The summed E-state index contributed by atoms with van der Waals surface area (Å²) >= 11 is 0. The summed E-state index contributed by atoms with van der Waals surface area (Å²) in [6.07, 6.45) is 4.40. The van der Waals surface area contributed by atoms with Gasteiger partial charge in [-0.25, -0.2) is 0 Å². The molecule has 0 aromatic heterocycles. The van der Waals surface area contributed by atoms with Crippen LogP contribution >= 0.6 is 0 Å². The summed E-state index contributed by atoms with van der Waals surface area (Å²) in [5, 5.41) is 0.426. The number of allylic oxidation sites excluding steroid dienone is 1. The van der Waals surface area contributed by atoms with Gasteiger partial charge in [-0.1, -0.05) is 70.5 Å². The summed E-state index contributed by atoms with van der Waals surface area (Å²) in [6, 6.07) is 10.5. The molecule has 0 saturated carbocycles. The Balaban J connectivity index is 2.30. The van der Waals surface area contributed by atoms with E-state index < -0.39 is 9.76 Å². The van der Waals surface area contributed by atoms with E-state index in [0.29, 0.717) is 5.04 Å². The molecule has 1 nitrogen and oxygen atoms in total. The lowest BCUT2D eigenvalue weighted by Gasteiger charge is -2.26. The van der Waals surface area contributed by atoms with E-state index in [9.17, 15) is 0 Å². The average molecular weight is 262 g/mol. The Labute approximate surface area is 114 Å². The zero-order chi connectivity index (χ0) is 13.4. The first-order chi connectivity index (χ1) is 8.59. The fraction of sp³-hybridized carbons (Fsp3) is 0.500. The van der Waals surface area contributed by atoms with Crippen molar-refractivity contribution in [3.05, 3.63) is 48.2 Å². The van der Waals surface area contributed by atoms with Gasteiger partial charge in [0.25, 0.3) is 0 Å². The summed E-state index contributed by atoms with van der Waals surface area (Å²) in [7, 11) is -0.518. The Kier molecular flexibility index (Phi) is 6.20. The third kappa shape index (κ3) is 5.09. The molecule has 0 bridgehead atoms. The third-order valence-electron chi connectivity index (χ3n) is 3.87. The van der Waals surface area contributed by atoms with Crippen molar-refractivity contribution >= 4 is 9.76 Å². The van der Waals surface area contributed by atoms with Crippen LogP contribution in [0.15, 0.2) is 42.7 Å². The lowest BCUT2D eigenvalue weighted by Crippen LogP contribution is -2.18. The first-order valence-corrected chi connectivity index (χ1v) is 8.22. The molecule has 0 aliphatic rings. The van der Waals surface area contributed by atoms with E-state index in [1.54, 1.807) is 0 Å². The first-order valence-electron chi connectivity index (χ1n) is 6.94. The van der Waals surface area contributed by atoms with E-state index in [-0.39, 0.29) is 0 Å². The molecule has 0 aliphatic heterocycles. The Morgan fingerprint density at radius 1 is 1.22 bits per heavy atom. The largest absolute Gasteiger partial charge is 0.552 e. The van der Waals surface area contributed by atoms with Crippen LogP contribution in [-0.2, 0) is 10.8 Å². The molecule has 2 heteroatoms. The van der Waals surface area contributed by atoms with Gasteiger partial charge in [0.2, 0.25) is 9.76 Å². The lowest BCUT2D eigenvalue weighted by atomic mass is 10.1. The summed E-state index contributed by atoms with van der Waals surface area (Å²) in [5.41, 5.74) is 1.36. The Hall–Kier alpha value is -1.02. The van der Waals surface area contributed by atoms with Gasteiger partial charge in [-0.2, -0.15) is 0 Å². The van der Waals surface area contributed by atoms with Crippen LogP contribution in [0.4, 0.5) is 0 Å². The fourth-order valence-corrected chi connectivity index (χ4v) is 2.84. The number of rotatable bonds is 8. The highest BCUT2D eigenvalue weighted by Gasteiger charge is 2.21. The molecule has 0 amide bonds. The highest BCUT2D eigenvalue weighted by atomic mass is 28.2. The first kappa shape index (κ1) is 15.0. The maximum Gasteiger partial charge on any atom is 0.224 e. The second kappa shape index (κ2) is 7.42. The molecule has 0 N–H and O–H groups in total. The number of aryl methyl sites for hydroxylation is 1. The van der Waals surface area contributed by atoms with Crippen LogP contribution in [-0.4, -0.2) is 9.76 Å². The monoisotopic (exact) mass is 262 g/mol. The van der Waals surface area contributed by atoms with E-state index in [0.717, 1.165) is 18.6 Å². The smallest absolute Gasteiger partial charge is 0.224 e. The van der Waals surface area contributed by atoms with E-state index in [1.807, 2.05) is 0 Å². The van der Waals surface area contributed by atoms with Crippen molar-refractivity contribution in [1.29, 1.82) is 0 Å². The Morgan fingerprint density at radius 3 is 2.39 bits per heavy atom. The SMILES string of the molecule is C=C(CCc1ccccc1)O[SiH2]C(C)(CC)CC. The zero-order valence-corrected chi connectivity index (χ0v) is 13.5.